The first kappa shape index (κ1) is 27.6. The second-order valence-corrected chi connectivity index (χ2v) is 5.75. The second-order valence-electron chi connectivity index (χ2n) is 1.92. The average Bonchev–Trinajstić information content (AvgIpc) is 0.938. The van der Waals surface area contributed by atoms with Crippen LogP contribution in [0.4, 0.5) is 50.4 Å². The van der Waals surface area contributed by atoms with Crippen molar-refractivity contribution in [2.75, 3.05) is 0 Å². The molecule has 0 aromatic heterocycles. The largest absolute Gasteiger partial charge is 1.00 e. The summed E-state index contributed by atoms with van der Waals surface area (Å²) in [6.45, 7) is 0. The molecule has 0 nitrogen and oxygen atoms in total. The Kier molecular flexibility index (Phi) is 8.51. The molecule has 0 aliphatic rings. The van der Waals surface area contributed by atoms with Crippen LogP contribution in [0.15, 0.2) is 0 Å². The summed E-state index contributed by atoms with van der Waals surface area (Å²) in [5.41, 5.74) is 0. The van der Waals surface area contributed by atoms with Gasteiger partial charge in [-0.2, -0.15) is 0 Å². The molecule has 0 rings (SSSR count). The van der Waals surface area contributed by atoms with Crippen molar-refractivity contribution in [1.29, 1.82) is 0 Å². The standard InChI is InChI=1S/2F6P.2K/c2*1-7(2,3,4,5)6;;/q2*-1;2*+1. The van der Waals surface area contributed by atoms with Gasteiger partial charge in [-0.05, 0) is 0 Å². The van der Waals surface area contributed by atoms with Gasteiger partial charge < -0.3 is 0 Å². The van der Waals surface area contributed by atoms with Crippen molar-refractivity contribution in [3.05, 3.63) is 0 Å². The van der Waals surface area contributed by atoms with Gasteiger partial charge in [0.25, 0.3) is 0 Å². The fourth-order valence-electron chi connectivity index (χ4n) is 0. The van der Waals surface area contributed by atoms with Gasteiger partial charge in [-0.3, -0.25) is 0 Å². The Bertz CT molecular complexity index is 164. The van der Waals surface area contributed by atoms with Crippen molar-refractivity contribution in [3.8, 4) is 0 Å². The molecule has 16 heteroatoms. The van der Waals surface area contributed by atoms with Crippen LogP contribution in [-0.4, -0.2) is 0 Å². The van der Waals surface area contributed by atoms with E-state index in [2.05, 4.69) is 0 Å². The molecule has 0 heterocycles. The average molecular weight is 368 g/mol. The molecular weight excluding hydrogens is 368 g/mol. The Morgan fingerprint density at radius 1 is 0.312 bits per heavy atom. The smallest absolute Gasteiger partial charge is 1.00 e. The molecular formula is F12K2P2. The minimum Gasteiger partial charge on any atom is 1.00 e. The molecule has 0 atom stereocenters. The van der Waals surface area contributed by atoms with E-state index in [9.17, 15) is 50.4 Å². The number of hydrogen-bond acceptors (Lipinski definition) is 0. The maximum atomic E-state index is 9.87. The molecule has 0 bridgehead atoms. The van der Waals surface area contributed by atoms with Gasteiger partial charge in [-0.1, -0.05) is 0 Å². The van der Waals surface area contributed by atoms with Crippen LogP contribution < -0.4 is 103 Å². The maximum absolute atomic E-state index is 10.7. The first-order valence-corrected chi connectivity index (χ1v) is 6.09. The minimum absolute atomic E-state index is 0. The van der Waals surface area contributed by atoms with E-state index in [0.29, 0.717) is 0 Å². The molecule has 0 aliphatic carbocycles. The zero-order valence-electron chi connectivity index (χ0n) is 7.43. The van der Waals surface area contributed by atoms with Crippen LogP contribution in [-0.2, 0) is 0 Å². The fourth-order valence-corrected chi connectivity index (χ4v) is 0. The van der Waals surface area contributed by atoms with Gasteiger partial charge in [-0.25, -0.2) is 0 Å². The Labute approximate surface area is 165 Å². The molecule has 0 saturated heterocycles. The monoisotopic (exact) mass is 368 g/mol. The zero-order valence-corrected chi connectivity index (χ0v) is 15.5. The number of hydrogen-bond donors (Lipinski definition) is 0. The van der Waals surface area contributed by atoms with Crippen LogP contribution in [0.1, 0.15) is 0 Å². The molecule has 0 aliphatic heterocycles. The van der Waals surface area contributed by atoms with Gasteiger partial charge >= 0.3 is 169 Å². The number of halogens is 12. The molecule has 16 heavy (non-hydrogen) atoms. The van der Waals surface area contributed by atoms with E-state index >= 15 is 0 Å². The van der Waals surface area contributed by atoms with Crippen LogP contribution in [0.5, 0.6) is 0 Å². The summed E-state index contributed by atoms with van der Waals surface area (Å²) in [5, 5.41) is 0. The van der Waals surface area contributed by atoms with E-state index in [0.717, 1.165) is 0 Å². The van der Waals surface area contributed by atoms with E-state index < -0.39 is 15.6 Å². The molecule has 0 radical (unpaired) electrons. The summed E-state index contributed by atoms with van der Waals surface area (Å²) in [6.07, 6.45) is 0. The van der Waals surface area contributed by atoms with Crippen LogP contribution in [0.3, 0.4) is 0 Å². The first-order valence-electron chi connectivity index (χ1n) is 2.03. The van der Waals surface area contributed by atoms with Crippen LogP contribution in [0.25, 0.3) is 0 Å². The van der Waals surface area contributed by atoms with Gasteiger partial charge in [-0.15, -0.1) is 0 Å². The third-order valence-electron chi connectivity index (χ3n) is 0. The SMILES string of the molecule is F[P-](F)(F)(F)(F)F.F[P-](F)(F)(F)(F)F.[K+].[K+]. The van der Waals surface area contributed by atoms with Gasteiger partial charge in [0.05, 0.1) is 0 Å². The van der Waals surface area contributed by atoms with E-state index in [-0.39, 0.29) is 103 Å². The topological polar surface area (TPSA) is 0 Å². The van der Waals surface area contributed by atoms with Crippen molar-refractivity contribution in [2.45, 2.75) is 0 Å². The van der Waals surface area contributed by atoms with E-state index in [1.807, 2.05) is 0 Å². The second kappa shape index (κ2) is 4.94. The Morgan fingerprint density at radius 2 is 0.312 bits per heavy atom. The quantitative estimate of drug-likeness (QED) is 0.337. The van der Waals surface area contributed by atoms with Gasteiger partial charge in [0.1, 0.15) is 0 Å². The van der Waals surface area contributed by atoms with Gasteiger partial charge in [0.15, 0.2) is 0 Å². The molecule has 0 unspecified atom stereocenters. The Hall–Kier alpha value is 3.29. The molecule has 0 amide bonds. The first-order chi connectivity index (χ1) is 4.90. The zero-order chi connectivity index (χ0) is 12.8. The maximum Gasteiger partial charge on any atom is 1.00 e. The molecule has 0 aromatic rings. The van der Waals surface area contributed by atoms with Crippen LogP contribution in [0.2, 0.25) is 0 Å². The normalized spacial score (nSPS) is 20.2. The number of rotatable bonds is 0. The third kappa shape index (κ3) is 423. The minimum atomic E-state index is -10.7. The molecule has 0 fully saturated rings. The fraction of sp³-hybridized carbons (Fsp3) is 0. The molecule has 96 valence electrons. The van der Waals surface area contributed by atoms with Crippen molar-refractivity contribution < 1.29 is 153 Å². The summed E-state index contributed by atoms with van der Waals surface area (Å²) >= 11 is 0. The van der Waals surface area contributed by atoms with Gasteiger partial charge in [0, 0.05) is 0 Å². The third-order valence-corrected chi connectivity index (χ3v) is 0. The summed E-state index contributed by atoms with van der Waals surface area (Å²) in [7, 11) is -21.3. The summed E-state index contributed by atoms with van der Waals surface area (Å²) in [4.78, 5) is 0. The predicted molar refractivity (Wildman–Crippen MR) is 27.1 cm³/mol. The Morgan fingerprint density at radius 3 is 0.312 bits per heavy atom. The molecule has 0 spiro atoms. The summed E-state index contributed by atoms with van der Waals surface area (Å²) in [5.74, 6) is 0. The summed E-state index contributed by atoms with van der Waals surface area (Å²) in [6, 6.07) is 0. The van der Waals surface area contributed by atoms with Crippen LogP contribution >= 0.6 is 15.6 Å². The van der Waals surface area contributed by atoms with Crippen molar-refractivity contribution in [1.82, 2.24) is 0 Å². The van der Waals surface area contributed by atoms with Crippen molar-refractivity contribution in [2.24, 2.45) is 0 Å². The predicted octanol–water partition coefficient (Wildman–Crippen LogP) is 0.773. The van der Waals surface area contributed by atoms with E-state index in [1.165, 1.54) is 0 Å². The van der Waals surface area contributed by atoms with Crippen molar-refractivity contribution >= 4 is 15.6 Å². The molecule has 0 saturated carbocycles. The summed E-state index contributed by atoms with van der Waals surface area (Å²) < 4.78 is 118. The van der Waals surface area contributed by atoms with E-state index in [1.54, 1.807) is 0 Å². The van der Waals surface area contributed by atoms with Crippen molar-refractivity contribution in [3.63, 3.8) is 0 Å². The Balaban J connectivity index is -0.0000000800. The van der Waals surface area contributed by atoms with Gasteiger partial charge in [0.2, 0.25) is 0 Å². The molecule has 0 N–H and O–H groups in total. The van der Waals surface area contributed by atoms with E-state index in [4.69, 9.17) is 0 Å². The molecule has 0 aromatic carbocycles. The van der Waals surface area contributed by atoms with Crippen LogP contribution in [0, 0.1) is 0 Å².